The van der Waals surface area contributed by atoms with Gasteiger partial charge in [0.05, 0.1) is 5.60 Å². The molecule has 72 valence electrons. The van der Waals surface area contributed by atoms with Crippen LogP contribution in [0.1, 0.15) is 39.5 Å². The molecule has 0 aromatic rings. The molecule has 1 heterocycles. The Balaban J connectivity index is 2.35. The van der Waals surface area contributed by atoms with Crippen LogP contribution in [0.2, 0.25) is 0 Å². The molecule has 1 saturated heterocycles. The van der Waals surface area contributed by atoms with Gasteiger partial charge in [-0.15, -0.1) is 0 Å². The van der Waals surface area contributed by atoms with E-state index in [9.17, 15) is 5.11 Å². The second kappa shape index (κ2) is 4.24. The molecule has 1 rings (SSSR count). The van der Waals surface area contributed by atoms with Crippen LogP contribution in [0.5, 0.6) is 0 Å². The van der Waals surface area contributed by atoms with Crippen molar-refractivity contribution in [2.75, 3.05) is 13.1 Å². The standard InChI is InChI=1S/C10H21NO/c1-3-10(12,4-2)7-9-5-6-11-8-9/h9,11-12H,3-8H2,1-2H3. The van der Waals surface area contributed by atoms with Crippen LogP contribution < -0.4 is 5.32 Å². The Bertz CT molecular complexity index is 126. The molecule has 0 aliphatic carbocycles. The van der Waals surface area contributed by atoms with E-state index in [1.54, 1.807) is 0 Å². The summed E-state index contributed by atoms with van der Waals surface area (Å²) in [5, 5.41) is 13.4. The van der Waals surface area contributed by atoms with Gasteiger partial charge in [-0.2, -0.15) is 0 Å². The zero-order valence-electron chi connectivity index (χ0n) is 8.27. The summed E-state index contributed by atoms with van der Waals surface area (Å²) in [4.78, 5) is 0. The molecular formula is C10H21NO. The molecule has 1 aliphatic rings. The molecule has 0 aromatic carbocycles. The summed E-state index contributed by atoms with van der Waals surface area (Å²) in [6, 6.07) is 0. The first kappa shape index (κ1) is 10.0. The smallest absolute Gasteiger partial charge is 0.0645 e. The van der Waals surface area contributed by atoms with Gasteiger partial charge in [0.1, 0.15) is 0 Å². The van der Waals surface area contributed by atoms with Gasteiger partial charge in [-0.1, -0.05) is 13.8 Å². The molecule has 1 atom stereocenters. The summed E-state index contributed by atoms with van der Waals surface area (Å²) in [6.07, 6.45) is 4.00. The zero-order valence-corrected chi connectivity index (χ0v) is 8.27. The molecule has 0 spiro atoms. The quantitative estimate of drug-likeness (QED) is 0.672. The minimum Gasteiger partial charge on any atom is -0.390 e. The summed E-state index contributed by atoms with van der Waals surface area (Å²) >= 11 is 0. The largest absolute Gasteiger partial charge is 0.390 e. The van der Waals surface area contributed by atoms with E-state index in [-0.39, 0.29) is 0 Å². The highest BCUT2D eigenvalue weighted by Gasteiger charge is 2.28. The molecular weight excluding hydrogens is 150 g/mol. The Labute approximate surface area is 75.4 Å². The lowest BCUT2D eigenvalue weighted by Crippen LogP contribution is -2.30. The maximum Gasteiger partial charge on any atom is 0.0645 e. The van der Waals surface area contributed by atoms with Crippen LogP contribution in [0.25, 0.3) is 0 Å². The summed E-state index contributed by atoms with van der Waals surface area (Å²) in [7, 11) is 0. The van der Waals surface area contributed by atoms with Crippen LogP contribution in [0.3, 0.4) is 0 Å². The highest BCUT2D eigenvalue weighted by atomic mass is 16.3. The molecule has 1 fully saturated rings. The van der Waals surface area contributed by atoms with E-state index in [1.807, 2.05) is 0 Å². The van der Waals surface area contributed by atoms with E-state index in [0.29, 0.717) is 5.92 Å². The first-order valence-corrected chi connectivity index (χ1v) is 5.13. The van der Waals surface area contributed by atoms with Gasteiger partial charge >= 0.3 is 0 Å². The van der Waals surface area contributed by atoms with E-state index < -0.39 is 5.60 Å². The number of rotatable bonds is 4. The van der Waals surface area contributed by atoms with Gasteiger partial charge in [-0.25, -0.2) is 0 Å². The fourth-order valence-corrected chi connectivity index (χ4v) is 1.96. The predicted octanol–water partition coefficient (Wildman–Crippen LogP) is 1.54. The fraction of sp³-hybridized carbons (Fsp3) is 1.00. The van der Waals surface area contributed by atoms with E-state index in [2.05, 4.69) is 19.2 Å². The number of nitrogens with one attached hydrogen (secondary N) is 1. The second-order valence-corrected chi connectivity index (χ2v) is 3.99. The van der Waals surface area contributed by atoms with Gasteiger partial charge in [0, 0.05) is 0 Å². The third kappa shape index (κ3) is 2.46. The SMILES string of the molecule is CCC(O)(CC)CC1CCNC1. The van der Waals surface area contributed by atoms with Gasteiger partial charge in [0.15, 0.2) is 0 Å². The summed E-state index contributed by atoms with van der Waals surface area (Å²) in [5.41, 5.74) is -0.392. The minimum absolute atomic E-state index is 0.392. The Morgan fingerprint density at radius 2 is 2.08 bits per heavy atom. The van der Waals surface area contributed by atoms with Crippen molar-refractivity contribution < 1.29 is 5.11 Å². The van der Waals surface area contributed by atoms with Gasteiger partial charge < -0.3 is 10.4 Å². The summed E-state index contributed by atoms with van der Waals surface area (Å²) in [5.74, 6) is 0.704. The topological polar surface area (TPSA) is 32.3 Å². The third-order valence-electron chi connectivity index (χ3n) is 3.15. The lowest BCUT2D eigenvalue weighted by Gasteiger charge is -2.27. The molecule has 0 amide bonds. The number of hydrogen-bond donors (Lipinski definition) is 2. The molecule has 0 saturated carbocycles. The normalized spacial score (nSPS) is 24.8. The van der Waals surface area contributed by atoms with Crippen LogP contribution in [0.15, 0.2) is 0 Å². The van der Waals surface area contributed by atoms with Crippen LogP contribution in [0, 0.1) is 5.92 Å². The van der Waals surface area contributed by atoms with E-state index >= 15 is 0 Å². The fourth-order valence-electron chi connectivity index (χ4n) is 1.96. The maximum absolute atomic E-state index is 10.1. The van der Waals surface area contributed by atoms with Crippen molar-refractivity contribution in [2.24, 2.45) is 5.92 Å². The Hall–Kier alpha value is -0.0800. The Morgan fingerprint density at radius 3 is 2.50 bits per heavy atom. The molecule has 2 nitrogen and oxygen atoms in total. The molecule has 0 aromatic heterocycles. The van der Waals surface area contributed by atoms with Crippen molar-refractivity contribution in [3.63, 3.8) is 0 Å². The first-order valence-electron chi connectivity index (χ1n) is 5.13. The van der Waals surface area contributed by atoms with Crippen molar-refractivity contribution in [3.05, 3.63) is 0 Å². The van der Waals surface area contributed by atoms with E-state index in [4.69, 9.17) is 0 Å². The monoisotopic (exact) mass is 171 g/mol. The molecule has 0 bridgehead atoms. The first-order chi connectivity index (χ1) is 5.70. The van der Waals surface area contributed by atoms with Crippen molar-refractivity contribution in [2.45, 2.75) is 45.1 Å². The van der Waals surface area contributed by atoms with Crippen LogP contribution >= 0.6 is 0 Å². The van der Waals surface area contributed by atoms with Crippen LogP contribution in [0.4, 0.5) is 0 Å². The molecule has 12 heavy (non-hydrogen) atoms. The average molecular weight is 171 g/mol. The Morgan fingerprint density at radius 1 is 1.42 bits per heavy atom. The third-order valence-corrected chi connectivity index (χ3v) is 3.15. The van der Waals surface area contributed by atoms with Crippen molar-refractivity contribution >= 4 is 0 Å². The van der Waals surface area contributed by atoms with Gasteiger partial charge in [-0.05, 0) is 44.7 Å². The highest BCUT2D eigenvalue weighted by molar-refractivity contribution is 4.82. The van der Waals surface area contributed by atoms with Crippen molar-refractivity contribution in [3.8, 4) is 0 Å². The van der Waals surface area contributed by atoms with E-state index in [1.165, 1.54) is 6.42 Å². The highest BCUT2D eigenvalue weighted by Crippen LogP contribution is 2.26. The van der Waals surface area contributed by atoms with Crippen LogP contribution in [-0.2, 0) is 0 Å². The minimum atomic E-state index is -0.392. The predicted molar refractivity (Wildman–Crippen MR) is 51.1 cm³/mol. The van der Waals surface area contributed by atoms with Gasteiger partial charge in [0.2, 0.25) is 0 Å². The lowest BCUT2D eigenvalue weighted by atomic mass is 9.86. The molecule has 2 heteroatoms. The van der Waals surface area contributed by atoms with Crippen molar-refractivity contribution in [1.29, 1.82) is 0 Å². The average Bonchev–Trinajstić information content (AvgIpc) is 2.57. The summed E-state index contributed by atoms with van der Waals surface area (Å²) < 4.78 is 0. The molecule has 2 N–H and O–H groups in total. The Kier molecular flexibility index (Phi) is 3.53. The molecule has 1 aliphatic heterocycles. The maximum atomic E-state index is 10.1. The van der Waals surface area contributed by atoms with Gasteiger partial charge in [0.25, 0.3) is 0 Å². The van der Waals surface area contributed by atoms with Gasteiger partial charge in [-0.3, -0.25) is 0 Å². The van der Waals surface area contributed by atoms with Crippen molar-refractivity contribution in [1.82, 2.24) is 5.32 Å². The number of aliphatic hydroxyl groups is 1. The lowest BCUT2D eigenvalue weighted by molar-refractivity contribution is 0.0102. The van der Waals surface area contributed by atoms with Crippen LogP contribution in [-0.4, -0.2) is 23.8 Å². The zero-order chi connectivity index (χ0) is 9.03. The molecule has 0 radical (unpaired) electrons. The number of hydrogen-bond acceptors (Lipinski definition) is 2. The van der Waals surface area contributed by atoms with E-state index in [0.717, 1.165) is 32.4 Å². The summed E-state index contributed by atoms with van der Waals surface area (Å²) in [6.45, 7) is 6.38. The second-order valence-electron chi connectivity index (χ2n) is 3.99. The molecule has 1 unspecified atom stereocenters.